The predicted molar refractivity (Wildman–Crippen MR) is 127 cm³/mol. The monoisotopic (exact) mass is 451 g/mol. The van der Waals surface area contributed by atoms with Crippen LogP contribution >= 0.6 is 11.3 Å². The van der Waals surface area contributed by atoms with E-state index in [1.807, 2.05) is 49.4 Å². The van der Waals surface area contributed by atoms with Crippen molar-refractivity contribution in [2.75, 3.05) is 20.8 Å². The van der Waals surface area contributed by atoms with Gasteiger partial charge in [0, 0.05) is 16.6 Å². The molecule has 0 aliphatic carbocycles. The van der Waals surface area contributed by atoms with Gasteiger partial charge in [0.15, 0.2) is 0 Å². The number of carbonyl (C=O) groups is 1. The van der Waals surface area contributed by atoms with Crippen molar-refractivity contribution in [1.82, 2.24) is 15.1 Å². The van der Waals surface area contributed by atoms with Crippen LogP contribution in [0.25, 0.3) is 20.2 Å². The van der Waals surface area contributed by atoms with E-state index in [1.54, 1.807) is 32.5 Å². The van der Waals surface area contributed by atoms with E-state index in [1.165, 1.54) is 4.68 Å². The molecule has 1 atom stereocenters. The van der Waals surface area contributed by atoms with Gasteiger partial charge in [0.25, 0.3) is 5.56 Å². The molecule has 1 N–H and O–H groups in total. The Labute approximate surface area is 189 Å². The number of nitrogens with zero attached hydrogens (tertiary/aromatic N) is 2. The number of amides is 1. The maximum atomic E-state index is 13.2. The fourth-order valence-corrected chi connectivity index (χ4v) is 4.93. The van der Waals surface area contributed by atoms with Gasteiger partial charge in [0.05, 0.1) is 30.0 Å². The van der Waals surface area contributed by atoms with Crippen molar-refractivity contribution in [2.45, 2.75) is 26.3 Å². The van der Waals surface area contributed by atoms with E-state index in [0.29, 0.717) is 18.4 Å². The van der Waals surface area contributed by atoms with Gasteiger partial charge in [-0.05, 0) is 50.1 Å². The van der Waals surface area contributed by atoms with Gasteiger partial charge in [-0.1, -0.05) is 18.2 Å². The average molecular weight is 452 g/mol. The van der Waals surface area contributed by atoms with Gasteiger partial charge < -0.3 is 14.8 Å². The number of benzene rings is 2. The minimum atomic E-state index is -0.739. The number of thiophene rings is 1. The van der Waals surface area contributed by atoms with Crippen LogP contribution in [0.3, 0.4) is 0 Å². The van der Waals surface area contributed by atoms with Gasteiger partial charge >= 0.3 is 0 Å². The Kier molecular flexibility index (Phi) is 6.14. The quantitative estimate of drug-likeness (QED) is 0.461. The van der Waals surface area contributed by atoms with E-state index in [9.17, 15) is 9.59 Å². The van der Waals surface area contributed by atoms with Crippen molar-refractivity contribution in [3.05, 3.63) is 64.1 Å². The van der Waals surface area contributed by atoms with Crippen molar-refractivity contribution in [3.63, 3.8) is 0 Å². The van der Waals surface area contributed by atoms with Crippen LogP contribution in [-0.2, 0) is 11.2 Å². The highest BCUT2D eigenvalue weighted by Crippen LogP contribution is 2.33. The number of hydrogen-bond acceptors (Lipinski definition) is 6. The molecule has 0 unspecified atom stereocenters. The Morgan fingerprint density at radius 3 is 2.72 bits per heavy atom. The van der Waals surface area contributed by atoms with Crippen molar-refractivity contribution >= 4 is 37.4 Å². The molecule has 1 amide bonds. The predicted octanol–water partition coefficient (Wildman–Crippen LogP) is 3.86. The van der Waals surface area contributed by atoms with Crippen molar-refractivity contribution in [2.24, 2.45) is 0 Å². The number of carbonyl (C=O) groups excluding carboxylic acids is 1. The number of nitrogens with one attached hydrogen (secondary N) is 1. The zero-order chi connectivity index (χ0) is 22.8. The van der Waals surface area contributed by atoms with E-state index < -0.39 is 6.04 Å². The Morgan fingerprint density at radius 1 is 1.19 bits per heavy atom. The number of aromatic nitrogens is 2. The van der Waals surface area contributed by atoms with Crippen LogP contribution in [0.2, 0.25) is 0 Å². The summed E-state index contributed by atoms with van der Waals surface area (Å²) >= 11 is 1.55. The summed E-state index contributed by atoms with van der Waals surface area (Å²) in [5, 5.41) is 8.88. The SMILES string of the molecule is COc1ccc(OC)c(CCNC(=O)[C@@H](C)n2nc(C)c3sc4ccccc4c3c2=O)c1. The molecule has 0 saturated heterocycles. The van der Waals surface area contributed by atoms with Gasteiger partial charge in [-0.2, -0.15) is 5.10 Å². The van der Waals surface area contributed by atoms with Gasteiger partial charge in [-0.3, -0.25) is 9.59 Å². The molecular weight excluding hydrogens is 426 g/mol. The fraction of sp³-hybridized carbons (Fsp3) is 0.292. The molecule has 8 heteroatoms. The van der Waals surface area contributed by atoms with E-state index in [2.05, 4.69) is 10.4 Å². The molecule has 7 nitrogen and oxygen atoms in total. The van der Waals surface area contributed by atoms with Crippen LogP contribution in [0.15, 0.2) is 47.3 Å². The first-order valence-corrected chi connectivity index (χ1v) is 11.2. The number of rotatable bonds is 7. The number of hydrogen-bond donors (Lipinski definition) is 1. The third-order valence-electron chi connectivity index (χ3n) is 5.53. The summed E-state index contributed by atoms with van der Waals surface area (Å²) in [7, 11) is 3.21. The summed E-state index contributed by atoms with van der Waals surface area (Å²) in [5.41, 5.74) is 1.42. The third kappa shape index (κ3) is 3.93. The molecule has 2 aromatic carbocycles. The normalized spacial score (nSPS) is 12.1. The summed E-state index contributed by atoms with van der Waals surface area (Å²) in [4.78, 5) is 26.1. The molecule has 0 saturated carbocycles. The third-order valence-corrected chi connectivity index (χ3v) is 6.81. The lowest BCUT2D eigenvalue weighted by molar-refractivity contribution is -0.124. The maximum absolute atomic E-state index is 13.2. The first-order valence-electron chi connectivity index (χ1n) is 10.3. The number of methoxy groups -OCH3 is 2. The molecule has 0 bridgehead atoms. The van der Waals surface area contributed by atoms with Crippen LogP contribution in [0.5, 0.6) is 11.5 Å². The Balaban J connectivity index is 1.55. The molecule has 4 rings (SSSR count). The highest BCUT2D eigenvalue weighted by Gasteiger charge is 2.21. The molecule has 0 aliphatic rings. The summed E-state index contributed by atoms with van der Waals surface area (Å²) in [5.74, 6) is 1.19. The lowest BCUT2D eigenvalue weighted by atomic mass is 10.1. The summed E-state index contributed by atoms with van der Waals surface area (Å²) in [6, 6.07) is 12.6. The van der Waals surface area contributed by atoms with Crippen LogP contribution in [-0.4, -0.2) is 36.5 Å². The van der Waals surface area contributed by atoms with Crippen molar-refractivity contribution < 1.29 is 14.3 Å². The van der Waals surface area contributed by atoms with E-state index in [-0.39, 0.29) is 11.5 Å². The van der Waals surface area contributed by atoms with Crippen LogP contribution in [0.1, 0.15) is 24.2 Å². The van der Waals surface area contributed by atoms with E-state index in [0.717, 1.165) is 37.5 Å². The summed E-state index contributed by atoms with van der Waals surface area (Å²) < 4.78 is 13.9. The second-order valence-corrected chi connectivity index (χ2v) is 8.58. The lowest BCUT2D eigenvalue weighted by Gasteiger charge is -2.16. The number of aryl methyl sites for hydroxylation is 1. The fourth-order valence-electron chi connectivity index (χ4n) is 3.80. The largest absolute Gasteiger partial charge is 0.497 e. The maximum Gasteiger partial charge on any atom is 0.276 e. The van der Waals surface area contributed by atoms with Crippen LogP contribution in [0.4, 0.5) is 0 Å². The first-order chi connectivity index (χ1) is 15.4. The Bertz CT molecular complexity index is 1360. The van der Waals surface area contributed by atoms with E-state index in [4.69, 9.17) is 9.47 Å². The zero-order valence-electron chi connectivity index (χ0n) is 18.5. The topological polar surface area (TPSA) is 82.4 Å². The highest BCUT2D eigenvalue weighted by atomic mass is 32.1. The molecule has 4 aromatic rings. The van der Waals surface area contributed by atoms with Gasteiger partial charge in [-0.15, -0.1) is 11.3 Å². The Morgan fingerprint density at radius 2 is 1.97 bits per heavy atom. The molecule has 2 aromatic heterocycles. The van der Waals surface area contributed by atoms with Gasteiger partial charge in [0.2, 0.25) is 5.91 Å². The molecule has 0 spiro atoms. The average Bonchev–Trinajstić information content (AvgIpc) is 3.21. The molecule has 0 fully saturated rings. The second kappa shape index (κ2) is 9.00. The minimum absolute atomic E-state index is 0.250. The molecule has 166 valence electrons. The van der Waals surface area contributed by atoms with Crippen LogP contribution in [0, 0.1) is 6.92 Å². The molecule has 32 heavy (non-hydrogen) atoms. The lowest BCUT2D eigenvalue weighted by Crippen LogP contribution is -2.38. The van der Waals surface area contributed by atoms with Crippen molar-refractivity contribution in [1.29, 1.82) is 0 Å². The highest BCUT2D eigenvalue weighted by molar-refractivity contribution is 7.26. The molecule has 0 aliphatic heterocycles. The summed E-state index contributed by atoms with van der Waals surface area (Å²) in [6.45, 7) is 3.95. The number of fused-ring (bicyclic) bond motifs is 3. The molecule has 0 radical (unpaired) electrons. The van der Waals surface area contributed by atoms with Gasteiger partial charge in [0.1, 0.15) is 17.5 Å². The smallest absolute Gasteiger partial charge is 0.276 e. The zero-order valence-corrected chi connectivity index (χ0v) is 19.3. The number of ether oxygens (including phenoxy) is 2. The standard InChI is InChI=1S/C24H25N3O4S/c1-14-22-21(18-7-5-6-8-20(18)32-22)24(29)27(26-14)15(2)23(28)25-12-11-16-13-17(30-3)9-10-19(16)31-4/h5-10,13,15H,11-12H2,1-4H3,(H,25,28)/t15-/m1/s1. The molecular formula is C24H25N3O4S. The second-order valence-electron chi connectivity index (χ2n) is 7.53. The van der Waals surface area contributed by atoms with E-state index >= 15 is 0 Å². The molecule has 2 heterocycles. The minimum Gasteiger partial charge on any atom is -0.497 e. The van der Waals surface area contributed by atoms with Crippen molar-refractivity contribution in [3.8, 4) is 11.5 Å². The first kappa shape index (κ1) is 21.8. The van der Waals surface area contributed by atoms with Crippen LogP contribution < -0.4 is 20.3 Å². The van der Waals surface area contributed by atoms with Gasteiger partial charge in [-0.25, -0.2) is 4.68 Å². The Hall–Kier alpha value is -3.39. The summed E-state index contributed by atoms with van der Waals surface area (Å²) in [6.07, 6.45) is 0.564.